The Morgan fingerprint density at radius 1 is 1.29 bits per heavy atom. The van der Waals surface area contributed by atoms with Gasteiger partial charge in [0.2, 0.25) is 0 Å². The molecule has 0 atom stereocenters. The van der Waals surface area contributed by atoms with Gasteiger partial charge < -0.3 is 10.4 Å². The van der Waals surface area contributed by atoms with Crippen molar-refractivity contribution in [1.82, 2.24) is 14.8 Å². The first-order valence-corrected chi connectivity index (χ1v) is 6.75. The highest BCUT2D eigenvalue weighted by molar-refractivity contribution is 5.95. The predicted molar refractivity (Wildman–Crippen MR) is 80.7 cm³/mol. The smallest absolute Gasteiger partial charge is 0.339 e. The molecule has 0 radical (unpaired) electrons. The Kier molecular flexibility index (Phi) is 3.97. The average molecular weight is 288 g/mol. The van der Waals surface area contributed by atoms with E-state index in [0.717, 1.165) is 22.6 Å². The number of carbonyl (C=O) groups is 1. The van der Waals surface area contributed by atoms with E-state index < -0.39 is 5.97 Å². The van der Waals surface area contributed by atoms with Crippen LogP contribution in [0.15, 0.2) is 6.07 Å². The van der Waals surface area contributed by atoms with E-state index in [1.54, 1.807) is 13.0 Å². The fourth-order valence-corrected chi connectivity index (χ4v) is 2.49. The van der Waals surface area contributed by atoms with Crippen molar-refractivity contribution in [2.45, 2.75) is 34.2 Å². The molecule has 2 aromatic heterocycles. The van der Waals surface area contributed by atoms with Crippen molar-refractivity contribution in [3.63, 3.8) is 0 Å². The Bertz CT molecular complexity index is 704. The third-order valence-electron chi connectivity index (χ3n) is 3.66. The number of aromatic nitrogens is 3. The van der Waals surface area contributed by atoms with Gasteiger partial charge in [-0.3, -0.25) is 9.67 Å². The molecule has 0 spiro atoms. The zero-order valence-corrected chi connectivity index (χ0v) is 13.0. The molecule has 0 aliphatic heterocycles. The molecule has 6 nitrogen and oxygen atoms in total. The van der Waals surface area contributed by atoms with Crippen molar-refractivity contribution >= 4 is 11.7 Å². The van der Waals surface area contributed by atoms with E-state index in [1.165, 1.54) is 0 Å². The second-order valence-electron chi connectivity index (χ2n) is 5.20. The lowest BCUT2D eigenvalue weighted by Gasteiger charge is -2.12. The zero-order chi connectivity index (χ0) is 15.7. The van der Waals surface area contributed by atoms with Gasteiger partial charge in [-0.15, -0.1) is 0 Å². The van der Waals surface area contributed by atoms with Gasteiger partial charge in [-0.05, 0) is 33.8 Å². The monoisotopic (exact) mass is 288 g/mol. The number of pyridine rings is 1. The quantitative estimate of drug-likeness (QED) is 0.902. The molecular weight excluding hydrogens is 268 g/mol. The molecule has 2 rings (SSSR count). The minimum atomic E-state index is -0.970. The van der Waals surface area contributed by atoms with E-state index in [1.807, 2.05) is 32.5 Å². The molecule has 21 heavy (non-hydrogen) atoms. The van der Waals surface area contributed by atoms with E-state index in [2.05, 4.69) is 15.4 Å². The first-order valence-electron chi connectivity index (χ1n) is 6.75. The van der Waals surface area contributed by atoms with Crippen LogP contribution in [0.2, 0.25) is 0 Å². The standard InChI is InChI=1S/C15H20N4O2/c1-8-6-13(14(15(20)21)10(3)17-8)16-7-12-9(2)18-19(5)11(12)4/h6H,7H2,1-5H3,(H,16,17)(H,20,21). The lowest BCUT2D eigenvalue weighted by atomic mass is 10.1. The van der Waals surface area contributed by atoms with Gasteiger partial charge in [-0.25, -0.2) is 4.79 Å². The number of rotatable bonds is 4. The number of carboxylic acid groups (broad SMARTS) is 1. The van der Waals surface area contributed by atoms with Crippen molar-refractivity contribution in [3.8, 4) is 0 Å². The molecule has 0 unspecified atom stereocenters. The number of carboxylic acids is 1. The minimum absolute atomic E-state index is 0.222. The average Bonchev–Trinajstić information content (AvgIpc) is 2.59. The number of nitrogens with zero attached hydrogens (tertiary/aromatic N) is 3. The summed E-state index contributed by atoms with van der Waals surface area (Å²) in [6.45, 7) is 8.05. The predicted octanol–water partition coefficient (Wildman–Crippen LogP) is 2.36. The van der Waals surface area contributed by atoms with Crippen LogP contribution < -0.4 is 5.32 Å². The molecule has 2 heterocycles. The molecule has 112 valence electrons. The van der Waals surface area contributed by atoms with Crippen molar-refractivity contribution in [3.05, 3.63) is 40.0 Å². The molecule has 0 aliphatic rings. The summed E-state index contributed by atoms with van der Waals surface area (Å²) in [4.78, 5) is 15.6. The summed E-state index contributed by atoms with van der Waals surface area (Å²) in [6, 6.07) is 1.76. The van der Waals surface area contributed by atoms with E-state index >= 15 is 0 Å². The topological polar surface area (TPSA) is 80.0 Å². The fourth-order valence-electron chi connectivity index (χ4n) is 2.49. The third-order valence-corrected chi connectivity index (χ3v) is 3.66. The highest BCUT2D eigenvalue weighted by Gasteiger charge is 2.16. The SMILES string of the molecule is Cc1cc(NCc2c(C)nn(C)c2C)c(C(=O)O)c(C)n1. The summed E-state index contributed by atoms with van der Waals surface area (Å²) in [5.41, 5.74) is 5.22. The number of hydrogen-bond donors (Lipinski definition) is 2. The highest BCUT2D eigenvalue weighted by atomic mass is 16.4. The van der Waals surface area contributed by atoms with Gasteiger partial charge >= 0.3 is 5.97 Å². The Labute approximate surface area is 123 Å². The molecule has 0 saturated heterocycles. The Morgan fingerprint density at radius 2 is 1.95 bits per heavy atom. The maximum absolute atomic E-state index is 11.4. The molecular formula is C15H20N4O2. The number of nitrogens with one attached hydrogen (secondary N) is 1. The molecule has 0 amide bonds. The second kappa shape index (κ2) is 5.55. The largest absolute Gasteiger partial charge is 0.478 e. The molecule has 0 saturated carbocycles. The summed E-state index contributed by atoms with van der Waals surface area (Å²) >= 11 is 0. The van der Waals surface area contributed by atoms with E-state index in [0.29, 0.717) is 17.9 Å². The van der Waals surface area contributed by atoms with Gasteiger partial charge in [0.05, 0.1) is 17.1 Å². The summed E-state index contributed by atoms with van der Waals surface area (Å²) < 4.78 is 1.83. The van der Waals surface area contributed by atoms with Gasteiger partial charge in [0, 0.05) is 30.5 Å². The Morgan fingerprint density at radius 3 is 2.48 bits per heavy atom. The van der Waals surface area contributed by atoms with E-state index in [9.17, 15) is 9.90 Å². The molecule has 6 heteroatoms. The highest BCUT2D eigenvalue weighted by Crippen LogP contribution is 2.22. The number of aryl methyl sites for hydroxylation is 4. The zero-order valence-electron chi connectivity index (χ0n) is 13.0. The lowest BCUT2D eigenvalue weighted by Crippen LogP contribution is -2.11. The normalized spacial score (nSPS) is 10.7. The van der Waals surface area contributed by atoms with Crippen LogP contribution >= 0.6 is 0 Å². The Balaban J connectivity index is 2.34. The molecule has 0 aliphatic carbocycles. The van der Waals surface area contributed by atoms with Crippen LogP contribution in [0.25, 0.3) is 0 Å². The van der Waals surface area contributed by atoms with Crippen LogP contribution in [0.1, 0.15) is 38.7 Å². The van der Waals surface area contributed by atoms with Gasteiger partial charge in [0.25, 0.3) is 0 Å². The van der Waals surface area contributed by atoms with Gasteiger partial charge in [-0.1, -0.05) is 0 Å². The van der Waals surface area contributed by atoms with Crippen molar-refractivity contribution in [2.24, 2.45) is 7.05 Å². The summed E-state index contributed by atoms with van der Waals surface area (Å²) in [6.07, 6.45) is 0. The Hall–Kier alpha value is -2.37. The first kappa shape index (κ1) is 15.0. The van der Waals surface area contributed by atoms with Gasteiger partial charge in [0.15, 0.2) is 0 Å². The molecule has 2 N–H and O–H groups in total. The summed E-state index contributed by atoms with van der Waals surface area (Å²) in [7, 11) is 1.90. The fraction of sp³-hybridized carbons (Fsp3) is 0.400. The number of aromatic carboxylic acids is 1. The van der Waals surface area contributed by atoms with Gasteiger partial charge in [-0.2, -0.15) is 5.10 Å². The van der Waals surface area contributed by atoms with Crippen LogP contribution in [-0.2, 0) is 13.6 Å². The number of hydrogen-bond acceptors (Lipinski definition) is 4. The third kappa shape index (κ3) is 2.89. The van der Waals surface area contributed by atoms with Crippen LogP contribution in [0, 0.1) is 27.7 Å². The minimum Gasteiger partial charge on any atom is -0.478 e. The van der Waals surface area contributed by atoms with E-state index in [4.69, 9.17) is 0 Å². The van der Waals surface area contributed by atoms with Crippen LogP contribution in [0.5, 0.6) is 0 Å². The van der Waals surface area contributed by atoms with Crippen LogP contribution in [0.3, 0.4) is 0 Å². The summed E-state index contributed by atoms with van der Waals surface area (Å²) in [5.74, 6) is -0.970. The molecule has 0 bridgehead atoms. The van der Waals surface area contributed by atoms with Crippen molar-refractivity contribution in [1.29, 1.82) is 0 Å². The van der Waals surface area contributed by atoms with E-state index in [-0.39, 0.29) is 5.56 Å². The van der Waals surface area contributed by atoms with Crippen LogP contribution in [0.4, 0.5) is 5.69 Å². The molecule has 0 aromatic carbocycles. The maximum Gasteiger partial charge on any atom is 0.339 e. The molecule has 2 aromatic rings. The number of anilines is 1. The first-order chi connectivity index (χ1) is 9.81. The lowest BCUT2D eigenvalue weighted by molar-refractivity contribution is 0.0696. The maximum atomic E-state index is 11.4. The van der Waals surface area contributed by atoms with Gasteiger partial charge in [0.1, 0.15) is 5.56 Å². The van der Waals surface area contributed by atoms with Crippen molar-refractivity contribution < 1.29 is 9.90 Å². The van der Waals surface area contributed by atoms with Crippen molar-refractivity contribution in [2.75, 3.05) is 5.32 Å². The second-order valence-corrected chi connectivity index (χ2v) is 5.20. The van der Waals surface area contributed by atoms with Crippen LogP contribution in [-0.4, -0.2) is 25.8 Å². The summed E-state index contributed by atoms with van der Waals surface area (Å²) in [5, 5.41) is 16.9. The molecule has 0 fully saturated rings.